The molecular formula is C12H18N4OS. The van der Waals surface area contributed by atoms with Crippen molar-refractivity contribution in [2.75, 3.05) is 0 Å². The number of nitrogens with zero attached hydrogens (tertiary/aromatic N) is 4. The van der Waals surface area contributed by atoms with Crippen LogP contribution in [0, 0.1) is 19.8 Å². The maximum Gasteiger partial charge on any atom is 0.256 e. The van der Waals surface area contributed by atoms with Crippen molar-refractivity contribution >= 4 is 11.8 Å². The first kappa shape index (κ1) is 13.1. The minimum Gasteiger partial charge on any atom is -0.437 e. The molecule has 0 bridgehead atoms. The number of aromatic nitrogens is 4. The Hall–Kier alpha value is -1.30. The number of oxazole rings is 1. The Balaban J connectivity index is 1.99. The third-order valence-electron chi connectivity index (χ3n) is 2.57. The summed E-state index contributed by atoms with van der Waals surface area (Å²) in [6.45, 7) is 9.09. The van der Waals surface area contributed by atoms with Gasteiger partial charge in [0, 0.05) is 6.54 Å². The Bertz CT molecular complexity index is 498. The van der Waals surface area contributed by atoms with Crippen LogP contribution in [0.2, 0.25) is 0 Å². The lowest BCUT2D eigenvalue weighted by Gasteiger charge is -2.07. The molecule has 2 aromatic heterocycles. The summed E-state index contributed by atoms with van der Waals surface area (Å²) in [6, 6.07) is 0. The largest absolute Gasteiger partial charge is 0.437 e. The minimum atomic E-state index is 0.557. The lowest BCUT2D eigenvalue weighted by molar-refractivity contribution is 0.430. The van der Waals surface area contributed by atoms with Gasteiger partial charge in [-0.05, 0) is 19.8 Å². The number of hydrogen-bond acceptors (Lipinski definition) is 5. The monoisotopic (exact) mass is 266 g/mol. The van der Waals surface area contributed by atoms with Gasteiger partial charge >= 0.3 is 0 Å². The molecule has 2 heterocycles. The zero-order valence-electron chi connectivity index (χ0n) is 11.2. The Morgan fingerprint density at radius 2 is 2.17 bits per heavy atom. The second-order valence-electron chi connectivity index (χ2n) is 4.66. The molecule has 2 aromatic rings. The molecule has 0 aliphatic carbocycles. The molecular weight excluding hydrogens is 248 g/mol. The number of rotatable bonds is 5. The summed E-state index contributed by atoms with van der Waals surface area (Å²) in [5.41, 5.74) is 0.946. The summed E-state index contributed by atoms with van der Waals surface area (Å²) in [6.07, 6.45) is 1.60. The number of thioether (sulfide) groups is 1. The van der Waals surface area contributed by atoms with E-state index < -0.39 is 0 Å². The lowest BCUT2D eigenvalue weighted by atomic mass is 10.2. The molecule has 0 saturated carbocycles. The Labute approximate surface area is 111 Å². The summed E-state index contributed by atoms with van der Waals surface area (Å²) in [7, 11) is 0. The molecule has 0 N–H and O–H groups in total. The molecule has 0 fully saturated rings. The van der Waals surface area contributed by atoms with Gasteiger partial charge in [0.05, 0.1) is 11.4 Å². The van der Waals surface area contributed by atoms with E-state index in [1.807, 2.05) is 18.5 Å². The van der Waals surface area contributed by atoms with Crippen LogP contribution in [0.15, 0.2) is 16.0 Å². The van der Waals surface area contributed by atoms with Gasteiger partial charge in [-0.15, -0.1) is 0 Å². The normalized spacial score (nSPS) is 11.4. The van der Waals surface area contributed by atoms with E-state index in [0.29, 0.717) is 11.1 Å². The molecule has 0 aliphatic heterocycles. The number of hydrogen-bond donors (Lipinski definition) is 0. The van der Waals surface area contributed by atoms with Crippen molar-refractivity contribution in [2.45, 2.75) is 45.2 Å². The van der Waals surface area contributed by atoms with Crippen LogP contribution >= 0.6 is 11.8 Å². The van der Waals surface area contributed by atoms with E-state index in [2.05, 4.69) is 28.9 Å². The van der Waals surface area contributed by atoms with Crippen molar-refractivity contribution < 1.29 is 4.42 Å². The Morgan fingerprint density at radius 1 is 1.39 bits per heavy atom. The first-order valence-electron chi connectivity index (χ1n) is 5.99. The molecule has 6 heteroatoms. The van der Waals surface area contributed by atoms with Gasteiger partial charge in [-0.1, -0.05) is 25.6 Å². The van der Waals surface area contributed by atoms with Gasteiger partial charge in [-0.3, -0.25) is 0 Å². The molecule has 0 atom stereocenters. The molecule has 0 aliphatic rings. The van der Waals surface area contributed by atoms with Crippen LogP contribution in [0.1, 0.15) is 31.1 Å². The highest BCUT2D eigenvalue weighted by Crippen LogP contribution is 2.23. The van der Waals surface area contributed by atoms with Gasteiger partial charge in [-0.25, -0.2) is 14.6 Å². The molecule has 18 heavy (non-hydrogen) atoms. The molecule has 0 amide bonds. The van der Waals surface area contributed by atoms with Crippen LogP contribution in [-0.4, -0.2) is 19.7 Å². The minimum absolute atomic E-state index is 0.557. The molecule has 0 radical (unpaired) electrons. The van der Waals surface area contributed by atoms with E-state index >= 15 is 0 Å². The van der Waals surface area contributed by atoms with E-state index in [0.717, 1.165) is 29.6 Å². The fourth-order valence-corrected chi connectivity index (χ4v) is 2.39. The van der Waals surface area contributed by atoms with Gasteiger partial charge in [0.25, 0.3) is 5.22 Å². The summed E-state index contributed by atoms with van der Waals surface area (Å²) >= 11 is 1.55. The van der Waals surface area contributed by atoms with Crippen LogP contribution < -0.4 is 0 Å². The van der Waals surface area contributed by atoms with Gasteiger partial charge in [0.15, 0.2) is 0 Å². The van der Waals surface area contributed by atoms with E-state index in [9.17, 15) is 0 Å². The third-order valence-corrected chi connectivity index (χ3v) is 3.39. The predicted molar refractivity (Wildman–Crippen MR) is 70.4 cm³/mol. The second kappa shape index (κ2) is 5.56. The summed E-state index contributed by atoms with van der Waals surface area (Å²) in [5, 5.41) is 4.93. The lowest BCUT2D eigenvalue weighted by Crippen LogP contribution is -2.09. The second-order valence-corrected chi connectivity index (χ2v) is 5.59. The smallest absolute Gasteiger partial charge is 0.256 e. The van der Waals surface area contributed by atoms with Gasteiger partial charge < -0.3 is 4.42 Å². The maximum atomic E-state index is 5.53. The first-order chi connectivity index (χ1) is 8.56. The highest BCUT2D eigenvalue weighted by atomic mass is 32.2. The highest BCUT2D eigenvalue weighted by Gasteiger charge is 2.10. The highest BCUT2D eigenvalue weighted by molar-refractivity contribution is 7.98. The standard InChI is InChI=1S/C12H18N4OS/c1-8(2)5-16-11(13-7-14-16)6-18-12-15-9(3)10(4)17-12/h7-8H,5-6H2,1-4H3. The van der Waals surface area contributed by atoms with Crippen LogP contribution in [0.4, 0.5) is 0 Å². The Kier molecular flexibility index (Phi) is 4.06. The zero-order valence-corrected chi connectivity index (χ0v) is 12.0. The van der Waals surface area contributed by atoms with Crippen molar-refractivity contribution in [3.05, 3.63) is 23.6 Å². The van der Waals surface area contributed by atoms with E-state index in [1.165, 1.54) is 0 Å². The summed E-state index contributed by atoms with van der Waals surface area (Å²) in [4.78, 5) is 8.61. The van der Waals surface area contributed by atoms with Gasteiger partial charge in [-0.2, -0.15) is 5.10 Å². The molecule has 0 spiro atoms. The molecule has 2 rings (SSSR count). The van der Waals surface area contributed by atoms with Crippen molar-refractivity contribution in [1.29, 1.82) is 0 Å². The molecule has 0 saturated heterocycles. The predicted octanol–water partition coefficient (Wildman–Crippen LogP) is 2.83. The molecule has 0 unspecified atom stereocenters. The van der Waals surface area contributed by atoms with Crippen LogP contribution in [0.3, 0.4) is 0 Å². The molecule has 98 valence electrons. The fraction of sp³-hybridized carbons (Fsp3) is 0.583. The maximum absolute atomic E-state index is 5.53. The van der Waals surface area contributed by atoms with Crippen molar-refractivity contribution in [1.82, 2.24) is 19.7 Å². The zero-order chi connectivity index (χ0) is 13.1. The summed E-state index contributed by atoms with van der Waals surface area (Å²) < 4.78 is 7.47. The summed E-state index contributed by atoms with van der Waals surface area (Å²) in [5.74, 6) is 3.12. The number of aryl methyl sites for hydroxylation is 2. The average Bonchev–Trinajstić information content (AvgIpc) is 2.83. The quantitative estimate of drug-likeness (QED) is 0.779. The van der Waals surface area contributed by atoms with Crippen LogP contribution in [0.5, 0.6) is 0 Å². The average molecular weight is 266 g/mol. The van der Waals surface area contributed by atoms with Crippen molar-refractivity contribution in [3.8, 4) is 0 Å². The van der Waals surface area contributed by atoms with Gasteiger partial charge in [0.1, 0.15) is 17.9 Å². The van der Waals surface area contributed by atoms with Crippen molar-refractivity contribution in [3.63, 3.8) is 0 Å². The van der Waals surface area contributed by atoms with Crippen LogP contribution in [-0.2, 0) is 12.3 Å². The first-order valence-corrected chi connectivity index (χ1v) is 6.98. The molecule has 5 nitrogen and oxygen atoms in total. The van der Waals surface area contributed by atoms with E-state index in [4.69, 9.17) is 4.42 Å². The van der Waals surface area contributed by atoms with Crippen molar-refractivity contribution in [2.24, 2.45) is 5.92 Å². The fourth-order valence-electron chi connectivity index (χ4n) is 1.53. The van der Waals surface area contributed by atoms with Crippen LogP contribution in [0.25, 0.3) is 0 Å². The van der Waals surface area contributed by atoms with Gasteiger partial charge in [0.2, 0.25) is 0 Å². The van der Waals surface area contributed by atoms with E-state index in [1.54, 1.807) is 18.1 Å². The third kappa shape index (κ3) is 3.13. The SMILES string of the molecule is Cc1nc(SCc2ncnn2CC(C)C)oc1C. The topological polar surface area (TPSA) is 56.7 Å². The van der Waals surface area contributed by atoms with E-state index in [-0.39, 0.29) is 0 Å². The Morgan fingerprint density at radius 3 is 2.78 bits per heavy atom. The molecule has 0 aromatic carbocycles.